The van der Waals surface area contributed by atoms with Gasteiger partial charge in [0.25, 0.3) is 0 Å². The van der Waals surface area contributed by atoms with Crippen LogP contribution >= 0.6 is 0 Å². The van der Waals surface area contributed by atoms with Crippen molar-refractivity contribution in [2.75, 3.05) is 20.6 Å². The van der Waals surface area contributed by atoms with Gasteiger partial charge in [0, 0.05) is 26.1 Å². The number of carbonyl (C=O) groups excluding carboxylic acids is 1. The molecule has 0 saturated carbocycles. The number of sulfonamides is 1. The van der Waals surface area contributed by atoms with E-state index in [2.05, 4.69) is 14.9 Å². The monoisotopic (exact) mass is 375 g/mol. The zero-order chi connectivity index (χ0) is 19.0. The molecule has 0 atom stereocenters. The van der Waals surface area contributed by atoms with Crippen LogP contribution in [0.2, 0.25) is 0 Å². The molecule has 2 N–H and O–H groups in total. The second-order valence-electron chi connectivity index (χ2n) is 6.24. The zero-order valence-corrected chi connectivity index (χ0v) is 15.9. The fourth-order valence-corrected chi connectivity index (χ4v) is 3.54. The molecular formula is C19H25N3O3S. The van der Waals surface area contributed by atoms with Crippen molar-refractivity contribution in [3.63, 3.8) is 0 Å². The van der Waals surface area contributed by atoms with Crippen molar-refractivity contribution in [1.82, 2.24) is 14.9 Å². The second-order valence-corrected chi connectivity index (χ2v) is 8.01. The third-order valence-electron chi connectivity index (χ3n) is 3.78. The predicted octanol–water partition coefficient (Wildman–Crippen LogP) is 1.73. The minimum Gasteiger partial charge on any atom is -0.352 e. The summed E-state index contributed by atoms with van der Waals surface area (Å²) in [6.07, 6.45) is 0.0852. The first kappa shape index (κ1) is 20.1. The predicted molar refractivity (Wildman–Crippen MR) is 102 cm³/mol. The lowest BCUT2D eigenvalue weighted by molar-refractivity contribution is -0.121. The summed E-state index contributed by atoms with van der Waals surface area (Å²) in [5.74, 6) is -0.194. The van der Waals surface area contributed by atoms with Gasteiger partial charge in [-0.25, -0.2) is 13.1 Å². The van der Waals surface area contributed by atoms with Gasteiger partial charge in [0.1, 0.15) is 0 Å². The number of hydrogen-bond donors (Lipinski definition) is 2. The molecule has 0 heterocycles. The number of rotatable bonds is 9. The Labute approximate surface area is 155 Å². The molecule has 6 nitrogen and oxygen atoms in total. The topological polar surface area (TPSA) is 78.5 Å². The van der Waals surface area contributed by atoms with Crippen LogP contribution in [0.15, 0.2) is 59.5 Å². The average Bonchev–Trinajstić information content (AvgIpc) is 2.61. The average molecular weight is 375 g/mol. The SMILES string of the molecule is CN(C)Cc1ccccc1CNC(=O)CCNS(=O)(=O)c1ccccc1. The van der Waals surface area contributed by atoms with Crippen molar-refractivity contribution in [2.24, 2.45) is 0 Å². The highest BCUT2D eigenvalue weighted by Gasteiger charge is 2.13. The van der Waals surface area contributed by atoms with E-state index in [4.69, 9.17) is 0 Å². The molecule has 0 spiro atoms. The van der Waals surface area contributed by atoms with Crippen molar-refractivity contribution < 1.29 is 13.2 Å². The fourth-order valence-electron chi connectivity index (χ4n) is 2.49. The minimum absolute atomic E-state index is 0.0579. The van der Waals surface area contributed by atoms with E-state index in [0.29, 0.717) is 6.54 Å². The van der Waals surface area contributed by atoms with Crippen LogP contribution in [-0.2, 0) is 27.9 Å². The van der Waals surface area contributed by atoms with Crippen LogP contribution in [0, 0.1) is 0 Å². The number of amides is 1. The molecule has 2 aromatic rings. The summed E-state index contributed by atoms with van der Waals surface area (Å²) in [4.78, 5) is 14.3. The third kappa shape index (κ3) is 6.25. The normalized spacial score (nSPS) is 11.5. The van der Waals surface area contributed by atoms with Crippen LogP contribution in [0.4, 0.5) is 0 Å². The molecule has 0 fully saturated rings. The van der Waals surface area contributed by atoms with E-state index in [1.165, 1.54) is 12.1 Å². The second kappa shape index (κ2) is 9.47. The Bertz CT molecular complexity index is 821. The van der Waals surface area contributed by atoms with Crippen molar-refractivity contribution in [2.45, 2.75) is 24.4 Å². The third-order valence-corrected chi connectivity index (χ3v) is 5.26. The molecule has 0 aliphatic heterocycles. The van der Waals surface area contributed by atoms with Gasteiger partial charge in [-0.05, 0) is 37.4 Å². The van der Waals surface area contributed by atoms with Gasteiger partial charge in [0.15, 0.2) is 0 Å². The molecule has 7 heteroatoms. The Kier molecular flexibility index (Phi) is 7.32. The number of carbonyl (C=O) groups is 1. The number of hydrogen-bond acceptors (Lipinski definition) is 4. The highest BCUT2D eigenvalue weighted by molar-refractivity contribution is 7.89. The van der Waals surface area contributed by atoms with Gasteiger partial charge >= 0.3 is 0 Å². The Morgan fingerprint density at radius 3 is 2.23 bits per heavy atom. The summed E-state index contributed by atoms with van der Waals surface area (Å²) in [5, 5.41) is 2.85. The number of benzene rings is 2. The van der Waals surface area contributed by atoms with E-state index < -0.39 is 10.0 Å². The van der Waals surface area contributed by atoms with Crippen LogP contribution in [-0.4, -0.2) is 39.9 Å². The van der Waals surface area contributed by atoms with Crippen LogP contribution in [0.1, 0.15) is 17.5 Å². The zero-order valence-electron chi connectivity index (χ0n) is 15.1. The van der Waals surface area contributed by atoms with Gasteiger partial charge < -0.3 is 10.2 Å². The quantitative estimate of drug-likeness (QED) is 0.700. The molecule has 0 aliphatic rings. The summed E-state index contributed by atoms with van der Waals surface area (Å²) in [6, 6.07) is 16.0. The molecule has 0 aliphatic carbocycles. The maximum Gasteiger partial charge on any atom is 0.240 e. The number of nitrogens with one attached hydrogen (secondary N) is 2. The van der Waals surface area contributed by atoms with E-state index in [1.807, 2.05) is 38.4 Å². The van der Waals surface area contributed by atoms with Crippen LogP contribution in [0.5, 0.6) is 0 Å². The summed E-state index contributed by atoms with van der Waals surface area (Å²) >= 11 is 0. The van der Waals surface area contributed by atoms with E-state index in [9.17, 15) is 13.2 Å². The lowest BCUT2D eigenvalue weighted by Crippen LogP contribution is -2.30. The van der Waals surface area contributed by atoms with E-state index >= 15 is 0 Å². The summed E-state index contributed by atoms with van der Waals surface area (Å²) < 4.78 is 26.6. The summed E-state index contributed by atoms with van der Waals surface area (Å²) in [6.45, 7) is 1.28. The Morgan fingerprint density at radius 1 is 0.962 bits per heavy atom. The maximum absolute atomic E-state index is 12.1. The largest absolute Gasteiger partial charge is 0.352 e. The van der Waals surface area contributed by atoms with E-state index in [1.54, 1.807) is 18.2 Å². The van der Waals surface area contributed by atoms with Gasteiger partial charge in [-0.3, -0.25) is 4.79 Å². The van der Waals surface area contributed by atoms with E-state index in [0.717, 1.165) is 17.7 Å². The highest BCUT2D eigenvalue weighted by atomic mass is 32.2. The molecule has 1 amide bonds. The maximum atomic E-state index is 12.1. The molecule has 2 rings (SSSR count). The lowest BCUT2D eigenvalue weighted by atomic mass is 10.1. The summed E-state index contributed by atoms with van der Waals surface area (Å²) in [5.41, 5.74) is 2.21. The van der Waals surface area contributed by atoms with Gasteiger partial charge in [-0.1, -0.05) is 42.5 Å². The minimum atomic E-state index is -3.58. The lowest BCUT2D eigenvalue weighted by Gasteiger charge is -2.14. The Morgan fingerprint density at radius 2 is 1.58 bits per heavy atom. The highest BCUT2D eigenvalue weighted by Crippen LogP contribution is 2.10. The molecule has 26 heavy (non-hydrogen) atoms. The van der Waals surface area contributed by atoms with Crippen molar-refractivity contribution in [1.29, 1.82) is 0 Å². The smallest absolute Gasteiger partial charge is 0.240 e. The molecule has 0 bridgehead atoms. The van der Waals surface area contributed by atoms with E-state index in [-0.39, 0.29) is 23.8 Å². The summed E-state index contributed by atoms with van der Waals surface area (Å²) in [7, 11) is 0.410. The van der Waals surface area contributed by atoms with Crippen LogP contribution in [0.3, 0.4) is 0 Å². The fraction of sp³-hybridized carbons (Fsp3) is 0.316. The van der Waals surface area contributed by atoms with Crippen LogP contribution in [0.25, 0.3) is 0 Å². The molecule has 0 unspecified atom stereocenters. The van der Waals surface area contributed by atoms with Gasteiger partial charge in [-0.2, -0.15) is 0 Å². The van der Waals surface area contributed by atoms with Crippen LogP contribution < -0.4 is 10.0 Å². The van der Waals surface area contributed by atoms with Gasteiger partial charge in [0.05, 0.1) is 4.90 Å². The molecule has 2 aromatic carbocycles. The van der Waals surface area contributed by atoms with Gasteiger partial charge in [0.2, 0.25) is 15.9 Å². The van der Waals surface area contributed by atoms with Crippen molar-refractivity contribution in [3.8, 4) is 0 Å². The Hall–Kier alpha value is -2.22. The molecule has 0 radical (unpaired) electrons. The number of nitrogens with zero attached hydrogens (tertiary/aromatic N) is 1. The first-order chi connectivity index (χ1) is 12.4. The molecular weight excluding hydrogens is 350 g/mol. The van der Waals surface area contributed by atoms with Gasteiger partial charge in [-0.15, -0.1) is 0 Å². The van der Waals surface area contributed by atoms with Crippen molar-refractivity contribution >= 4 is 15.9 Å². The molecule has 0 aromatic heterocycles. The molecule has 140 valence electrons. The standard InChI is InChI=1S/C19H25N3O3S/c1-22(2)15-17-9-7-6-8-16(17)14-20-19(23)12-13-21-26(24,25)18-10-4-3-5-11-18/h3-11,21H,12-15H2,1-2H3,(H,20,23). The first-order valence-corrected chi connectivity index (χ1v) is 9.90. The Balaban J connectivity index is 1.81. The first-order valence-electron chi connectivity index (χ1n) is 8.41. The molecule has 0 saturated heterocycles. The van der Waals surface area contributed by atoms with Crippen molar-refractivity contribution in [3.05, 3.63) is 65.7 Å².